The summed E-state index contributed by atoms with van der Waals surface area (Å²) in [6, 6.07) is 22.6. The first-order valence-corrected chi connectivity index (χ1v) is 32.0. The maximum Gasteiger partial charge on any atom is 0.413 e. The van der Waals surface area contributed by atoms with Gasteiger partial charge >= 0.3 is 18.0 Å². The molecule has 3 amide bonds. The van der Waals surface area contributed by atoms with E-state index in [0.717, 1.165) is 35.3 Å². The number of nitrogens with one attached hydrogen (secondary N) is 2. The fourth-order valence-electron chi connectivity index (χ4n) is 10.6. The Kier molecular flexibility index (Phi) is 20.7. The molecule has 1 unspecified atom stereocenters. The topological polar surface area (TPSA) is 243 Å². The van der Waals surface area contributed by atoms with Crippen molar-refractivity contribution in [3.8, 4) is 28.7 Å². The quantitative estimate of drug-likeness (QED) is 0.0143. The molecule has 91 heavy (non-hydrogen) atoms. The third-order valence-electron chi connectivity index (χ3n) is 15.2. The van der Waals surface area contributed by atoms with E-state index in [1.165, 1.54) is 35.9 Å². The summed E-state index contributed by atoms with van der Waals surface area (Å²) in [4.78, 5) is 97.2. The van der Waals surface area contributed by atoms with Gasteiger partial charge in [-0.05, 0) is 115 Å². The molecule has 3 aliphatic rings. The number of oxime groups is 1. The maximum atomic E-state index is 15.3. The summed E-state index contributed by atoms with van der Waals surface area (Å²) >= 11 is 9.76. The Bertz CT molecular complexity index is 3810. The number of esters is 2. The van der Waals surface area contributed by atoms with E-state index >= 15 is 4.79 Å². The summed E-state index contributed by atoms with van der Waals surface area (Å²) in [6.45, 7) is 17.4. The first-order chi connectivity index (χ1) is 43.2. The molecule has 5 heterocycles. The third-order valence-corrected chi connectivity index (χ3v) is 17.6. The molecule has 4 aromatic carbocycles. The zero-order chi connectivity index (χ0) is 65.6. The van der Waals surface area contributed by atoms with Gasteiger partial charge in [0.15, 0.2) is 27.8 Å². The van der Waals surface area contributed by atoms with Crippen molar-refractivity contribution in [1.82, 2.24) is 19.8 Å². The fourth-order valence-corrected chi connectivity index (χ4v) is 13.0. The van der Waals surface area contributed by atoms with Crippen molar-refractivity contribution in [2.45, 2.75) is 136 Å². The highest BCUT2D eigenvalue weighted by molar-refractivity contribution is 8.00. The van der Waals surface area contributed by atoms with Crippen molar-refractivity contribution in [1.29, 1.82) is 0 Å². The molecule has 0 spiro atoms. The zero-order valence-corrected chi connectivity index (χ0v) is 55.5. The molecule has 22 nitrogen and oxygen atoms in total. The van der Waals surface area contributed by atoms with Crippen molar-refractivity contribution in [3.05, 3.63) is 145 Å². The minimum absolute atomic E-state index is 0.0409. The summed E-state index contributed by atoms with van der Waals surface area (Å²) in [6.07, 6.45) is 2.72. The van der Waals surface area contributed by atoms with Crippen molar-refractivity contribution in [2.75, 3.05) is 52.0 Å². The predicted molar refractivity (Wildman–Crippen MR) is 346 cm³/mol. The molecule has 2 saturated heterocycles. The minimum Gasteiger partial charge on any atom is -0.497 e. The largest absolute Gasteiger partial charge is 0.497 e. The van der Waals surface area contributed by atoms with Gasteiger partial charge in [-0.2, -0.15) is 0 Å². The minimum atomic E-state index is -1.71. The number of aromatic nitrogens is 2. The summed E-state index contributed by atoms with van der Waals surface area (Å²) in [5.74, 6) is -0.257. The Hall–Kier alpha value is -8.32. The number of rotatable bonds is 24. The number of methoxy groups -OCH3 is 3. The van der Waals surface area contributed by atoms with E-state index in [-0.39, 0.29) is 76.8 Å². The molecule has 3 aliphatic heterocycles. The lowest BCUT2D eigenvalue weighted by atomic mass is 10.0. The number of aryl methyl sites for hydroxylation is 1. The number of thiazole rings is 1. The van der Waals surface area contributed by atoms with E-state index in [2.05, 4.69) is 20.8 Å². The van der Waals surface area contributed by atoms with Gasteiger partial charge in [0.2, 0.25) is 5.60 Å². The van der Waals surface area contributed by atoms with Crippen LogP contribution in [0.3, 0.4) is 0 Å². The lowest BCUT2D eigenvalue weighted by Gasteiger charge is -2.50. The fraction of sp³-hybridized carbons (Fsp3) is 0.424. The first-order valence-electron chi connectivity index (χ1n) is 29.7. The van der Waals surface area contributed by atoms with E-state index in [1.54, 1.807) is 93.2 Å². The van der Waals surface area contributed by atoms with Gasteiger partial charge in [-0.3, -0.25) is 24.6 Å². The van der Waals surface area contributed by atoms with Gasteiger partial charge in [-0.25, -0.2) is 19.4 Å². The van der Waals surface area contributed by atoms with Crippen LogP contribution in [0, 0.1) is 0 Å². The maximum absolute atomic E-state index is 15.3. The second kappa shape index (κ2) is 28.0. The Morgan fingerprint density at radius 1 is 0.769 bits per heavy atom. The van der Waals surface area contributed by atoms with Crippen LogP contribution in [0.15, 0.2) is 112 Å². The molecule has 9 rings (SSSR count). The number of thioether (sulfide) groups is 1. The number of likely N-dealkylation sites (tertiary alicyclic amines) is 1. The smallest absolute Gasteiger partial charge is 0.413 e. The van der Waals surface area contributed by atoms with Crippen molar-refractivity contribution >= 4 is 86.3 Å². The van der Waals surface area contributed by atoms with Crippen molar-refractivity contribution < 1.29 is 71.2 Å². The molecule has 6 aromatic rings. The third kappa shape index (κ3) is 16.1. The van der Waals surface area contributed by atoms with E-state index in [9.17, 15) is 24.0 Å². The van der Waals surface area contributed by atoms with Gasteiger partial charge < -0.3 is 57.1 Å². The number of pyridine rings is 1. The standard InChI is InChI=1S/C66H76ClN7O15S2/c1-13-72-31-42(55(75)50-48(72)30-49(84-34-39-16-22-44(81-10)23-17-39)56(51(50)67)85-35-40-18-24-45(82-11)25-19-40)32-74(28-14-15-29-74)33-43-37-90-59-53(58(77)73(59)54(43)60(78)86-36-41-20-26-46(83-12)27-21-41)69-57(76)52(71-89-66(8,9)61(79)87-64(2,3)4)47-38-91-62(68-47)70-63(80)88-65(5,6)7/h16-27,30-31,38,53,59H,13-15,28-29,32-37H2,1-12H3,(H-,68,69,70,76,80)/p+1/b71-52-/t53-,59?/m1/s1. The van der Waals surface area contributed by atoms with Crippen LogP contribution in [0.25, 0.3) is 10.9 Å². The number of halogens is 1. The van der Waals surface area contributed by atoms with E-state index in [4.69, 9.17) is 54.3 Å². The molecule has 0 radical (unpaired) electrons. The number of ether oxygens (including phenoxy) is 8. The number of fused-ring (bicyclic) bond motifs is 2. The average Bonchev–Trinajstić information content (AvgIpc) is 1.13. The lowest BCUT2D eigenvalue weighted by Crippen LogP contribution is -2.71. The Balaban J connectivity index is 1.04. The highest BCUT2D eigenvalue weighted by atomic mass is 35.5. The molecule has 0 bridgehead atoms. The molecule has 484 valence electrons. The number of carbonyl (C=O) groups is 5. The number of anilines is 1. The van der Waals surface area contributed by atoms with Gasteiger partial charge in [-0.1, -0.05) is 53.2 Å². The van der Waals surface area contributed by atoms with Crippen LogP contribution in [-0.4, -0.2) is 129 Å². The number of quaternary nitrogens is 1. The van der Waals surface area contributed by atoms with Gasteiger partial charge in [0.1, 0.15) is 84.2 Å². The molecular weight excluding hydrogens is 1230 g/mol. The normalized spacial score (nSPS) is 16.5. The van der Waals surface area contributed by atoms with Gasteiger partial charge in [0.05, 0.1) is 55.9 Å². The van der Waals surface area contributed by atoms with Crippen LogP contribution >= 0.6 is 34.7 Å². The molecule has 25 heteroatoms. The number of carbonyl (C=O) groups excluding carboxylic acids is 5. The summed E-state index contributed by atoms with van der Waals surface area (Å²) in [5.41, 5.74) is -0.132. The molecule has 2 aromatic heterocycles. The Labute approximate surface area is 541 Å². The Morgan fingerprint density at radius 2 is 1.34 bits per heavy atom. The van der Waals surface area contributed by atoms with E-state index < -0.39 is 63.8 Å². The summed E-state index contributed by atoms with van der Waals surface area (Å²) < 4.78 is 48.4. The van der Waals surface area contributed by atoms with Gasteiger partial charge in [0, 0.05) is 48.4 Å². The number of hydrogen-bond donors (Lipinski definition) is 2. The molecule has 2 N–H and O–H groups in total. The molecule has 2 atom stereocenters. The molecule has 0 aliphatic carbocycles. The predicted octanol–water partition coefficient (Wildman–Crippen LogP) is 10.7. The van der Waals surface area contributed by atoms with E-state index in [0.29, 0.717) is 69.3 Å². The second-order valence-electron chi connectivity index (χ2n) is 24.7. The van der Waals surface area contributed by atoms with Crippen LogP contribution < -0.4 is 39.7 Å². The second-order valence-corrected chi connectivity index (χ2v) is 27.1. The van der Waals surface area contributed by atoms with Crippen LogP contribution in [-0.2, 0) is 71.1 Å². The summed E-state index contributed by atoms with van der Waals surface area (Å²) in [7, 11) is 4.75. The van der Waals surface area contributed by atoms with Gasteiger partial charge in [0.25, 0.3) is 11.8 Å². The molecule has 2 fully saturated rings. The van der Waals surface area contributed by atoms with Crippen LogP contribution in [0.1, 0.15) is 103 Å². The zero-order valence-electron chi connectivity index (χ0n) is 53.1. The van der Waals surface area contributed by atoms with Gasteiger partial charge in [-0.15, -0.1) is 23.1 Å². The highest BCUT2D eigenvalue weighted by Crippen LogP contribution is 2.44. The van der Waals surface area contributed by atoms with Crippen LogP contribution in [0.2, 0.25) is 5.02 Å². The SMILES string of the molecule is CCn1cc(C[N+]2(CC3=C(C(=O)OCc4ccc(OC)cc4)N4C(=O)[C@@H](NC(=O)/C(=N\OC(C)(C)C(=O)OC(C)(C)C)c5csc(NC(=O)OC(C)(C)C)n5)C4SC3)CCCC2)c(=O)c2c(Cl)c(OCc3ccc(OC)cc3)c(OCc3ccc(OC)cc3)cc21. The average molecular weight is 1310 g/mol. The number of amides is 3. The summed E-state index contributed by atoms with van der Waals surface area (Å²) in [5, 5.41) is 10.6. The number of nitrogens with zero attached hydrogens (tertiary/aromatic N) is 5. The molecule has 0 saturated carbocycles. The lowest BCUT2D eigenvalue weighted by molar-refractivity contribution is -0.925. The Morgan fingerprint density at radius 3 is 1.90 bits per heavy atom. The van der Waals surface area contributed by atoms with Crippen LogP contribution in [0.4, 0.5) is 9.93 Å². The van der Waals surface area contributed by atoms with Crippen molar-refractivity contribution in [2.24, 2.45) is 5.16 Å². The van der Waals surface area contributed by atoms with Crippen LogP contribution in [0.5, 0.6) is 28.7 Å². The number of benzene rings is 4. The number of β-lactam (4-membered cyclic amide) rings is 1. The number of hydrogen-bond acceptors (Lipinski definition) is 19. The highest BCUT2D eigenvalue weighted by Gasteiger charge is 2.56. The first kappa shape index (κ1) is 67.1. The molecular formula is C66H77ClN7O15S2+. The van der Waals surface area contributed by atoms with E-state index in [1.807, 2.05) is 66.2 Å². The van der Waals surface area contributed by atoms with Crippen molar-refractivity contribution in [3.63, 3.8) is 0 Å². The monoisotopic (exact) mass is 1310 g/mol.